The molecule has 0 saturated carbocycles. The summed E-state index contributed by atoms with van der Waals surface area (Å²) in [7, 11) is 0. The van der Waals surface area contributed by atoms with E-state index in [0.29, 0.717) is 12.5 Å². The topological polar surface area (TPSA) is 66.6 Å². The number of benzene rings is 1. The number of likely N-dealkylation sites (tertiary alicyclic amines) is 1. The highest BCUT2D eigenvalue weighted by molar-refractivity contribution is 7.16. The molecule has 2 aliphatic rings. The number of aryl methyl sites for hydroxylation is 1. The van der Waals surface area contributed by atoms with E-state index in [4.69, 9.17) is 0 Å². The number of amides is 1. The van der Waals surface area contributed by atoms with Gasteiger partial charge in [-0.1, -0.05) is 6.07 Å². The summed E-state index contributed by atoms with van der Waals surface area (Å²) in [6, 6.07) is 10.8. The smallest absolute Gasteiger partial charge is 0.228 e. The van der Waals surface area contributed by atoms with Gasteiger partial charge in [0.25, 0.3) is 0 Å². The van der Waals surface area contributed by atoms with E-state index in [2.05, 4.69) is 45.1 Å². The Morgan fingerprint density at radius 3 is 2.84 bits per heavy atom. The third-order valence-electron chi connectivity index (χ3n) is 7.31. The Labute approximate surface area is 190 Å². The molecule has 1 spiro atoms. The minimum absolute atomic E-state index is 0.0445. The van der Waals surface area contributed by atoms with Crippen LogP contribution in [0.15, 0.2) is 42.0 Å². The number of carbonyl (C=O) groups excluding carboxylic acids is 1. The van der Waals surface area contributed by atoms with Crippen LogP contribution in [0.4, 0.5) is 5.82 Å². The summed E-state index contributed by atoms with van der Waals surface area (Å²) in [6.45, 7) is 7.02. The second-order valence-electron chi connectivity index (χ2n) is 9.31. The molecule has 6 rings (SSSR count). The number of anilines is 1. The fourth-order valence-electron chi connectivity index (χ4n) is 5.38. The van der Waals surface area contributed by atoms with Crippen molar-refractivity contribution in [3.63, 3.8) is 0 Å². The Morgan fingerprint density at radius 1 is 1.16 bits per heavy atom. The zero-order valence-corrected chi connectivity index (χ0v) is 19.2. The highest BCUT2D eigenvalue weighted by Gasteiger charge is 2.46. The second kappa shape index (κ2) is 7.35. The van der Waals surface area contributed by atoms with Crippen LogP contribution in [-0.2, 0) is 4.79 Å². The molecule has 2 aliphatic heterocycles. The molecule has 32 heavy (non-hydrogen) atoms. The van der Waals surface area contributed by atoms with Gasteiger partial charge in [0.05, 0.1) is 21.9 Å². The first kappa shape index (κ1) is 19.8. The van der Waals surface area contributed by atoms with Gasteiger partial charge < -0.3 is 0 Å². The highest BCUT2D eigenvalue weighted by atomic mass is 32.1. The molecule has 3 aromatic heterocycles. The molecule has 164 valence electrons. The van der Waals surface area contributed by atoms with Crippen molar-refractivity contribution in [3.8, 4) is 0 Å². The van der Waals surface area contributed by atoms with Crippen LogP contribution >= 0.6 is 11.3 Å². The van der Waals surface area contributed by atoms with E-state index in [9.17, 15) is 4.79 Å². The Balaban J connectivity index is 1.19. The van der Waals surface area contributed by atoms with Gasteiger partial charge in [-0.15, -0.1) is 11.3 Å². The van der Waals surface area contributed by atoms with Crippen molar-refractivity contribution in [1.82, 2.24) is 24.5 Å². The molecule has 2 saturated heterocycles. The summed E-state index contributed by atoms with van der Waals surface area (Å²) >= 11 is 1.69. The molecular formula is C24H26N6OS. The van der Waals surface area contributed by atoms with Crippen molar-refractivity contribution in [1.29, 1.82) is 0 Å². The van der Waals surface area contributed by atoms with Gasteiger partial charge in [-0.05, 0) is 62.9 Å². The van der Waals surface area contributed by atoms with Crippen molar-refractivity contribution in [2.24, 2.45) is 5.41 Å². The summed E-state index contributed by atoms with van der Waals surface area (Å²) in [5.74, 6) is 1.04. The molecule has 0 N–H and O–H groups in total. The maximum absolute atomic E-state index is 13.1. The number of hydrogen-bond donors (Lipinski definition) is 0. The number of carbonyl (C=O) groups is 1. The quantitative estimate of drug-likeness (QED) is 0.471. The summed E-state index contributed by atoms with van der Waals surface area (Å²) in [5, 5.41) is 4.41. The van der Waals surface area contributed by atoms with Gasteiger partial charge in [-0.3, -0.25) is 14.6 Å². The van der Waals surface area contributed by atoms with Gasteiger partial charge in [-0.25, -0.2) is 9.97 Å². The van der Waals surface area contributed by atoms with Crippen LogP contribution in [0.1, 0.15) is 43.5 Å². The molecule has 0 unspecified atom stereocenters. The lowest BCUT2D eigenvalue weighted by Gasteiger charge is -2.41. The zero-order chi connectivity index (χ0) is 21.9. The van der Waals surface area contributed by atoms with Crippen molar-refractivity contribution in [2.75, 3.05) is 24.5 Å². The number of rotatable bonds is 3. The minimum Gasteiger partial charge on any atom is -0.297 e. The predicted octanol–water partition coefficient (Wildman–Crippen LogP) is 4.23. The van der Waals surface area contributed by atoms with E-state index in [0.717, 1.165) is 55.2 Å². The van der Waals surface area contributed by atoms with E-state index in [1.165, 1.54) is 10.3 Å². The zero-order valence-electron chi connectivity index (χ0n) is 18.4. The van der Waals surface area contributed by atoms with Gasteiger partial charge in [0.1, 0.15) is 5.82 Å². The average Bonchev–Trinajstić information content (AvgIpc) is 3.51. The predicted molar refractivity (Wildman–Crippen MR) is 126 cm³/mol. The summed E-state index contributed by atoms with van der Waals surface area (Å²) in [4.78, 5) is 26.6. The maximum atomic E-state index is 13.1. The lowest BCUT2D eigenvalue weighted by atomic mass is 9.77. The van der Waals surface area contributed by atoms with Gasteiger partial charge in [0.15, 0.2) is 5.65 Å². The van der Waals surface area contributed by atoms with Crippen LogP contribution in [0, 0.1) is 12.3 Å². The lowest BCUT2D eigenvalue weighted by molar-refractivity contribution is -0.118. The number of aromatic nitrogens is 4. The summed E-state index contributed by atoms with van der Waals surface area (Å²) in [6.07, 6.45) is 4.42. The van der Waals surface area contributed by atoms with Crippen LogP contribution in [-0.4, -0.2) is 50.0 Å². The average molecular weight is 447 g/mol. The Kier molecular flexibility index (Phi) is 4.55. The second-order valence-corrected chi connectivity index (χ2v) is 10.2. The van der Waals surface area contributed by atoms with Crippen molar-refractivity contribution < 1.29 is 4.79 Å². The number of hydrogen-bond acceptors (Lipinski definition) is 6. The molecule has 1 aromatic carbocycles. The van der Waals surface area contributed by atoms with Crippen molar-refractivity contribution >= 4 is 38.9 Å². The largest absolute Gasteiger partial charge is 0.297 e. The fraction of sp³-hybridized carbons (Fsp3) is 0.417. The number of thiazole rings is 1. The molecule has 0 aliphatic carbocycles. The van der Waals surface area contributed by atoms with Crippen LogP contribution in [0.25, 0.3) is 15.9 Å². The fourth-order valence-corrected chi connectivity index (χ4v) is 6.04. The van der Waals surface area contributed by atoms with Gasteiger partial charge >= 0.3 is 0 Å². The molecule has 4 aromatic rings. The van der Waals surface area contributed by atoms with E-state index in [1.807, 2.05) is 29.5 Å². The first-order valence-electron chi connectivity index (χ1n) is 11.2. The summed E-state index contributed by atoms with van der Waals surface area (Å²) < 4.78 is 3.02. The number of piperidine rings is 1. The third kappa shape index (κ3) is 3.20. The van der Waals surface area contributed by atoms with Crippen molar-refractivity contribution in [3.05, 3.63) is 53.3 Å². The molecule has 7 nitrogen and oxygen atoms in total. The molecule has 2 fully saturated rings. The van der Waals surface area contributed by atoms with Gasteiger partial charge in [-0.2, -0.15) is 9.61 Å². The first-order valence-corrected chi connectivity index (χ1v) is 12.1. The Morgan fingerprint density at radius 2 is 2.00 bits per heavy atom. The standard InChI is InChI=1S/C24H26N6OS/c1-16-11-22(30-21(27-16)5-8-26-30)29-14-24(13-23(29)31)6-9-28(10-7-24)17(2)18-3-4-20-19(12-18)25-15-32-20/h3-5,8,11-12,15,17H,6-7,9-10,13-14H2,1-2H3/t17-/m1/s1. The molecular weight excluding hydrogens is 420 g/mol. The maximum Gasteiger partial charge on any atom is 0.228 e. The van der Waals surface area contributed by atoms with E-state index < -0.39 is 0 Å². The molecule has 0 bridgehead atoms. The lowest BCUT2D eigenvalue weighted by Crippen LogP contribution is -2.42. The normalized spacial score (nSPS) is 20.1. The van der Waals surface area contributed by atoms with Crippen LogP contribution < -0.4 is 4.90 Å². The van der Waals surface area contributed by atoms with Crippen LogP contribution in [0.2, 0.25) is 0 Å². The summed E-state index contributed by atoms with van der Waals surface area (Å²) in [5.41, 5.74) is 6.05. The van der Waals surface area contributed by atoms with Gasteiger partial charge in [0, 0.05) is 36.8 Å². The first-order chi connectivity index (χ1) is 15.5. The molecule has 5 heterocycles. The van der Waals surface area contributed by atoms with Crippen molar-refractivity contribution in [2.45, 2.75) is 39.2 Å². The Bertz CT molecular complexity index is 1320. The van der Waals surface area contributed by atoms with Gasteiger partial charge in [0.2, 0.25) is 5.91 Å². The third-order valence-corrected chi connectivity index (χ3v) is 8.12. The highest BCUT2D eigenvalue weighted by Crippen LogP contribution is 2.44. The van der Waals surface area contributed by atoms with Crippen LogP contribution in [0.3, 0.4) is 0 Å². The molecule has 1 atom stereocenters. The number of fused-ring (bicyclic) bond motifs is 2. The van der Waals surface area contributed by atoms with E-state index >= 15 is 0 Å². The molecule has 8 heteroatoms. The SMILES string of the molecule is Cc1cc(N2CC3(CCN([C@H](C)c4ccc5scnc5c4)CC3)CC2=O)n2nccc2n1. The molecule has 0 radical (unpaired) electrons. The molecule has 1 amide bonds. The van der Waals surface area contributed by atoms with E-state index in [-0.39, 0.29) is 11.3 Å². The monoisotopic (exact) mass is 446 g/mol. The minimum atomic E-state index is 0.0445. The van der Waals surface area contributed by atoms with E-state index in [1.54, 1.807) is 22.0 Å². The Hall–Kier alpha value is -2.84. The number of nitrogens with zero attached hydrogens (tertiary/aromatic N) is 6. The van der Waals surface area contributed by atoms with Crippen LogP contribution in [0.5, 0.6) is 0 Å².